The summed E-state index contributed by atoms with van der Waals surface area (Å²) in [6, 6.07) is 0. The van der Waals surface area contributed by atoms with Crippen molar-refractivity contribution >= 4 is 5.97 Å². The van der Waals surface area contributed by atoms with Crippen LogP contribution in [0.5, 0.6) is 0 Å². The second-order valence-electron chi connectivity index (χ2n) is 2.52. The fourth-order valence-corrected chi connectivity index (χ4v) is 0.571. The van der Waals surface area contributed by atoms with E-state index < -0.39 is 6.10 Å². The number of aliphatic hydroxyl groups is 1. The van der Waals surface area contributed by atoms with Crippen molar-refractivity contribution in [1.29, 1.82) is 0 Å². The molecule has 0 spiro atoms. The zero-order valence-electron chi connectivity index (χ0n) is 7.96. The van der Waals surface area contributed by atoms with E-state index in [4.69, 9.17) is 0 Å². The number of hydrogen-bond acceptors (Lipinski definition) is 3. The number of carbonyl (C=O) groups excluding carboxylic acids is 1. The number of hydrogen-bond donors (Lipinski definition) is 1. The van der Waals surface area contributed by atoms with Gasteiger partial charge in [0.05, 0.1) is 0 Å². The molecule has 13 heavy (non-hydrogen) atoms. The largest absolute Gasteiger partial charge is 0.453 e. The molecule has 0 aromatic heterocycles. The first-order valence-electron chi connectivity index (χ1n) is 4.05. The van der Waals surface area contributed by atoms with Gasteiger partial charge >= 0.3 is 5.97 Å². The third kappa shape index (κ3) is 5.94. The van der Waals surface area contributed by atoms with Gasteiger partial charge < -0.3 is 9.84 Å². The average molecular weight is 182 g/mol. The van der Waals surface area contributed by atoms with Gasteiger partial charge in [-0.15, -0.1) is 0 Å². The van der Waals surface area contributed by atoms with Gasteiger partial charge in [0.25, 0.3) is 0 Å². The van der Waals surface area contributed by atoms with Crippen LogP contribution in [0.3, 0.4) is 0 Å². The minimum Gasteiger partial charge on any atom is -0.453 e. The number of carbonyl (C=O) groups is 1. The molecule has 0 aliphatic heterocycles. The maximum atomic E-state index is 10.3. The lowest BCUT2D eigenvalue weighted by Crippen LogP contribution is -2.06. The summed E-state index contributed by atoms with van der Waals surface area (Å²) in [5, 5.41) is 9.27. The molecular formula is C10H14O3. The molecule has 0 bridgehead atoms. The summed E-state index contributed by atoms with van der Waals surface area (Å²) in [4.78, 5) is 10.3. The van der Waals surface area contributed by atoms with Crippen molar-refractivity contribution in [2.24, 2.45) is 0 Å². The Morgan fingerprint density at radius 2 is 2.31 bits per heavy atom. The van der Waals surface area contributed by atoms with E-state index in [1.165, 1.54) is 6.92 Å². The van der Waals surface area contributed by atoms with Crippen LogP contribution in [0.1, 0.15) is 20.3 Å². The van der Waals surface area contributed by atoms with Crippen molar-refractivity contribution in [3.8, 4) is 11.8 Å². The molecule has 3 nitrogen and oxygen atoms in total. The molecule has 0 unspecified atom stereocenters. The highest BCUT2D eigenvalue weighted by Crippen LogP contribution is 2.01. The lowest BCUT2D eigenvalue weighted by molar-refractivity contribution is -0.139. The Labute approximate surface area is 78.4 Å². The van der Waals surface area contributed by atoms with Crippen LogP contribution in [0.15, 0.2) is 12.2 Å². The Bertz CT molecular complexity index is 245. The topological polar surface area (TPSA) is 46.5 Å². The molecule has 0 aromatic rings. The second-order valence-corrected chi connectivity index (χ2v) is 2.52. The van der Waals surface area contributed by atoms with Crippen LogP contribution in [-0.2, 0) is 9.53 Å². The first-order chi connectivity index (χ1) is 6.07. The van der Waals surface area contributed by atoms with Crippen molar-refractivity contribution in [2.45, 2.75) is 26.4 Å². The Hall–Kier alpha value is -1.27. The van der Waals surface area contributed by atoms with Crippen LogP contribution in [0.2, 0.25) is 0 Å². The number of ether oxygens (including phenoxy) is 1. The lowest BCUT2D eigenvalue weighted by atomic mass is 10.1. The molecule has 0 aromatic carbocycles. The highest BCUT2D eigenvalue weighted by atomic mass is 16.5. The van der Waals surface area contributed by atoms with Gasteiger partial charge in [-0.05, 0) is 12.0 Å². The van der Waals surface area contributed by atoms with E-state index in [1.807, 2.05) is 6.92 Å². The van der Waals surface area contributed by atoms with Gasteiger partial charge in [0.15, 0.2) is 6.61 Å². The van der Waals surface area contributed by atoms with Gasteiger partial charge in [-0.2, -0.15) is 0 Å². The van der Waals surface area contributed by atoms with E-state index in [-0.39, 0.29) is 12.6 Å². The third-order valence-corrected chi connectivity index (χ3v) is 1.43. The molecule has 0 radical (unpaired) electrons. The highest BCUT2D eigenvalue weighted by Gasteiger charge is 2.00. The first kappa shape index (κ1) is 11.7. The van der Waals surface area contributed by atoms with Crippen LogP contribution in [0, 0.1) is 11.8 Å². The predicted octanol–water partition coefficient (Wildman–Crippen LogP) is 0.880. The van der Waals surface area contributed by atoms with Gasteiger partial charge in [-0.25, -0.2) is 0 Å². The van der Waals surface area contributed by atoms with Crippen LogP contribution in [0.25, 0.3) is 0 Å². The van der Waals surface area contributed by atoms with Crippen molar-refractivity contribution in [3.05, 3.63) is 12.2 Å². The zero-order chi connectivity index (χ0) is 10.3. The molecule has 0 heterocycles. The molecule has 1 N–H and O–H groups in total. The molecule has 0 aliphatic rings. The molecule has 1 atom stereocenters. The maximum absolute atomic E-state index is 10.3. The Balaban J connectivity index is 3.82. The van der Waals surface area contributed by atoms with E-state index in [0.717, 1.165) is 0 Å². The van der Waals surface area contributed by atoms with E-state index in [2.05, 4.69) is 23.2 Å². The van der Waals surface area contributed by atoms with Crippen LogP contribution < -0.4 is 0 Å². The summed E-state index contributed by atoms with van der Waals surface area (Å²) in [5.74, 6) is 4.67. The van der Waals surface area contributed by atoms with Crippen molar-refractivity contribution in [2.75, 3.05) is 6.61 Å². The van der Waals surface area contributed by atoms with E-state index >= 15 is 0 Å². The molecule has 0 rings (SSSR count). The van der Waals surface area contributed by atoms with Crippen LogP contribution >= 0.6 is 0 Å². The summed E-state index contributed by atoms with van der Waals surface area (Å²) in [5.41, 5.74) is 0.662. The average Bonchev–Trinajstić information content (AvgIpc) is 2.10. The molecule has 72 valence electrons. The standard InChI is InChI=1S/C10H14O3/c1-4-8(2)10(12)6-5-7-13-9(3)11/h10,12H,2,4,7H2,1,3H3/t10-/m1/s1. The van der Waals surface area contributed by atoms with Crippen LogP contribution in [-0.4, -0.2) is 23.8 Å². The first-order valence-corrected chi connectivity index (χ1v) is 4.05. The molecule has 0 amide bonds. The number of aliphatic hydroxyl groups excluding tert-OH is 1. The zero-order valence-corrected chi connectivity index (χ0v) is 7.96. The van der Waals surface area contributed by atoms with Gasteiger partial charge in [0.2, 0.25) is 0 Å². The van der Waals surface area contributed by atoms with Crippen molar-refractivity contribution in [3.63, 3.8) is 0 Å². The highest BCUT2D eigenvalue weighted by molar-refractivity contribution is 5.66. The molecular weight excluding hydrogens is 168 g/mol. The molecule has 0 saturated carbocycles. The lowest BCUT2D eigenvalue weighted by Gasteiger charge is -2.02. The molecule has 0 aliphatic carbocycles. The van der Waals surface area contributed by atoms with Gasteiger partial charge in [-0.3, -0.25) is 4.79 Å². The molecule has 0 fully saturated rings. The van der Waals surface area contributed by atoms with Crippen LogP contribution in [0.4, 0.5) is 0 Å². The van der Waals surface area contributed by atoms with Gasteiger partial charge in [0.1, 0.15) is 6.10 Å². The minimum atomic E-state index is -0.819. The summed E-state index contributed by atoms with van der Waals surface area (Å²) < 4.78 is 4.55. The van der Waals surface area contributed by atoms with Crippen molar-refractivity contribution < 1.29 is 14.6 Å². The van der Waals surface area contributed by atoms with Gasteiger partial charge in [0, 0.05) is 6.92 Å². The van der Waals surface area contributed by atoms with E-state index in [1.54, 1.807) is 0 Å². The monoisotopic (exact) mass is 182 g/mol. The summed E-state index contributed by atoms with van der Waals surface area (Å²) >= 11 is 0. The Morgan fingerprint density at radius 3 is 2.77 bits per heavy atom. The normalized spacial score (nSPS) is 11.0. The summed E-state index contributed by atoms with van der Waals surface area (Å²) in [6.07, 6.45) is -0.135. The summed E-state index contributed by atoms with van der Waals surface area (Å²) in [6.45, 7) is 6.84. The molecule has 3 heteroatoms. The Morgan fingerprint density at radius 1 is 1.69 bits per heavy atom. The number of esters is 1. The van der Waals surface area contributed by atoms with E-state index in [0.29, 0.717) is 12.0 Å². The second kappa shape index (κ2) is 6.27. The smallest absolute Gasteiger partial charge is 0.303 e. The quantitative estimate of drug-likeness (QED) is 0.400. The summed E-state index contributed by atoms with van der Waals surface area (Å²) in [7, 11) is 0. The van der Waals surface area contributed by atoms with Gasteiger partial charge in [-0.1, -0.05) is 25.3 Å². The predicted molar refractivity (Wildman–Crippen MR) is 49.8 cm³/mol. The fraction of sp³-hybridized carbons (Fsp3) is 0.500. The third-order valence-electron chi connectivity index (χ3n) is 1.43. The van der Waals surface area contributed by atoms with Crippen molar-refractivity contribution in [1.82, 2.24) is 0 Å². The maximum Gasteiger partial charge on any atom is 0.303 e. The molecule has 0 saturated heterocycles. The SMILES string of the molecule is C=C(CC)[C@H](O)C#CCOC(C)=O. The van der Waals surface area contributed by atoms with E-state index in [9.17, 15) is 9.90 Å². The minimum absolute atomic E-state index is 0.0172. The number of rotatable bonds is 3. The Kier molecular flexibility index (Phi) is 5.66. The fourth-order valence-electron chi connectivity index (χ4n) is 0.571.